The van der Waals surface area contributed by atoms with Crippen LogP contribution in [0.25, 0.3) is 5.69 Å². The number of carbonyl (C=O) groups is 2. The summed E-state index contributed by atoms with van der Waals surface area (Å²) in [7, 11) is 3.09. The molecule has 3 aromatic rings. The van der Waals surface area contributed by atoms with Gasteiger partial charge in [-0.2, -0.15) is 5.10 Å². The van der Waals surface area contributed by atoms with Crippen LogP contribution in [0.2, 0.25) is 0 Å². The predicted octanol–water partition coefficient (Wildman–Crippen LogP) is 3.84. The Kier molecular flexibility index (Phi) is 5.51. The molecule has 2 aliphatic heterocycles. The average Bonchev–Trinajstić information content (AvgIpc) is 3.24. The molecule has 0 bridgehead atoms. The third-order valence-electron chi connectivity index (χ3n) is 6.79. The zero-order valence-electron chi connectivity index (χ0n) is 19.5. The number of ether oxygens (including phenoxy) is 3. The first kappa shape index (κ1) is 22.0. The molecule has 0 atom stereocenters. The van der Waals surface area contributed by atoms with Crippen LogP contribution >= 0.6 is 0 Å². The molecule has 2 aromatic carbocycles. The lowest BCUT2D eigenvalue weighted by Crippen LogP contribution is -2.52. The van der Waals surface area contributed by atoms with E-state index in [2.05, 4.69) is 5.10 Å². The van der Waals surface area contributed by atoms with Crippen LogP contribution in [-0.4, -0.2) is 59.3 Å². The lowest BCUT2D eigenvalue weighted by Gasteiger charge is -2.44. The molecule has 0 aliphatic carbocycles. The zero-order valence-corrected chi connectivity index (χ0v) is 19.5. The molecule has 0 radical (unpaired) electrons. The van der Waals surface area contributed by atoms with Gasteiger partial charge in [0.25, 0.3) is 5.91 Å². The van der Waals surface area contributed by atoms with Crippen LogP contribution in [0.15, 0.2) is 48.7 Å². The molecule has 1 saturated heterocycles. The van der Waals surface area contributed by atoms with Gasteiger partial charge in [-0.25, -0.2) is 4.68 Å². The Morgan fingerprint density at radius 3 is 2.50 bits per heavy atom. The number of likely N-dealkylation sites (tertiary alicyclic amines) is 1. The monoisotopic (exact) mass is 461 g/mol. The van der Waals surface area contributed by atoms with Gasteiger partial charge in [0, 0.05) is 38.1 Å². The first-order chi connectivity index (χ1) is 16.4. The van der Waals surface area contributed by atoms with E-state index in [0.29, 0.717) is 54.3 Å². The molecule has 3 heterocycles. The minimum Gasteiger partial charge on any atom is -0.496 e. The topological polar surface area (TPSA) is 82.9 Å². The summed E-state index contributed by atoms with van der Waals surface area (Å²) in [6.07, 6.45) is 3.02. The van der Waals surface area contributed by atoms with E-state index in [1.165, 1.54) is 7.11 Å². The van der Waals surface area contributed by atoms with Crippen LogP contribution in [-0.2, 0) is 0 Å². The molecule has 0 N–H and O–H groups in total. The minimum atomic E-state index is -0.637. The van der Waals surface area contributed by atoms with E-state index in [4.69, 9.17) is 14.2 Å². The second kappa shape index (κ2) is 8.52. The number of ketones is 1. The maximum Gasteiger partial charge on any atom is 0.257 e. The van der Waals surface area contributed by atoms with Gasteiger partial charge in [-0.3, -0.25) is 9.59 Å². The van der Waals surface area contributed by atoms with Gasteiger partial charge in [-0.1, -0.05) is 18.2 Å². The number of benzene rings is 2. The Labute approximate surface area is 198 Å². The van der Waals surface area contributed by atoms with Gasteiger partial charge in [-0.15, -0.1) is 0 Å². The van der Waals surface area contributed by atoms with Gasteiger partial charge in [0.05, 0.1) is 43.8 Å². The number of nitrogens with zero attached hydrogens (tertiary/aromatic N) is 3. The number of Topliss-reactive ketones (excluding diaryl/α,β-unsaturated/α-hetero) is 1. The van der Waals surface area contributed by atoms with Crippen LogP contribution in [0.3, 0.4) is 0 Å². The van der Waals surface area contributed by atoms with E-state index in [-0.39, 0.29) is 18.1 Å². The standard InChI is InChI=1S/C26H27N3O5/c1-17-20(16-27-29(17)18-7-5-4-6-8-18)25(31)28-11-9-26(10-12-28)15-21(30)24-22(33-3)13-19(32-2)14-23(24)34-26/h4-8,13-14,16H,9-12,15H2,1-3H3. The second-order valence-corrected chi connectivity index (χ2v) is 8.77. The van der Waals surface area contributed by atoms with Gasteiger partial charge in [0.1, 0.15) is 28.4 Å². The summed E-state index contributed by atoms with van der Waals surface area (Å²) in [6, 6.07) is 13.2. The van der Waals surface area contributed by atoms with Crippen molar-refractivity contribution in [3.63, 3.8) is 0 Å². The molecule has 0 saturated carbocycles. The highest BCUT2D eigenvalue weighted by atomic mass is 16.5. The molecular weight excluding hydrogens is 434 g/mol. The van der Waals surface area contributed by atoms with Crippen LogP contribution in [0.1, 0.15) is 45.7 Å². The fraction of sp³-hybridized carbons (Fsp3) is 0.346. The molecule has 8 heteroatoms. The molecule has 0 unspecified atom stereocenters. The molecule has 1 fully saturated rings. The predicted molar refractivity (Wildman–Crippen MR) is 125 cm³/mol. The van der Waals surface area contributed by atoms with Gasteiger partial charge in [0.15, 0.2) is 5.78 Å². The number of para-hydroxylation sites is 1. The van der Waals surface area contributed by atoms with Gasteiger partial charge >= 0.3 is 0 Å². The summed E-state index contributed by atoms with van der Waals surface area (Å²) < 4.78 is 18.9. The van der Waals surface area contributed by atoms with E-state index in [1.807, 2.05) is 42.2 Å². The van der Waals surface area contributed by atoms with Crippen molar-refractivity contribution in [2.75, 3.05) is 27.3 Å². The number of fused-ring (bicyclic) bond motifs is 1. The smallest absolute Gasteiger partial charge is 0.257 e. The molecule has 5 rings (SSSR count). The number of aromatic nitrogens is 2. The highest BCUT2D eigenvalue weighted by Crippen LogP contribution is 2.44. The molecule has 1 spiro atoms. The van der Waals surface area contributed by atoms with E-state index in [1.54, 1.807) is 30.1 Å². The maximum atomic E-state index is 13.3. The van der Waals surface area contributed by atoms with Crippen molar-refractivity contribution in [2.45, 2.75) is 31.8 Å². The van der Waals surface area contributed by atoms with E-state index in [9.17, 15) is 9.59 Å². The second-order valence-electron chi connectivity index (χ2n) is 8.77. The Balaban J connectivity index is 1.33. The summed E-state index contributed by atoms with van der Waals surface area (Å²) in [4.78, 5) is 28.2. The first-order valence-corrected chi connectivity index (χ1v) is 11.3. The molecule has 2 aliphatic rings. The maximum absolute atomic E-state index is 13.3. The average molecular weight is 462 g/mol. The summed E-state index contributed by atoms with van der Waals surface area (Å²) in [5.74, 6) is 1.43. The van der Waals surface area contributed by atoms with Crippen LogP contribution in [0.4, 0.5) is 0 Å². The van der Waals surface area contributed by atoms with Crippen molar-refractivity contribution in [1.29, 1.82) is 0 Å². The lowest BCUT2D eigenvalue weighted by molar-refractivity contribution is -0.00611. The third-order valence-corrected chi connectivity index (χ3v) is 6.79. The van der Waals surface area contributed by atoms with Crippen LogP contribution < -0.4 is 14.2 Å². The van der Waals surface area contributed by atoms with Crippen molar-refractivity contribution in [3.05, 3.63) is 65.5 Å². The highest BCUT2D eigenvalue weighted by Gasteiger charge is 2.45. The van der Waals surface area contributed by atoms with Gasteiger partial charge in [0.2, 0.25) is 0 Å². The van der Waals surface area contributed by atoms with Gasteiger partial charge < -0.3 is 19.1 Å². The number of carbonyl (C=O) groups excluding carboxylic acids is 2. The summed E-state index contributed by atoms with van der Waals surface area (Å²) in [6.45, 7) is 2.90. The number of methoxy groups -OCH3 is 2. The fourth-order valence-electron chi connectivity index (χ4n) is 4.87. The normalized spacial score (nSPS) is 16.7. The Bertz CT molecular complexity index is 1240. The Hall–Kier alpha value is -3.81. The number of hydrogen-bond donors (Lipinski definition) is 0. The number of piperidine rings is 1. The minimum absolute atomic E-state index is 0.0134. The molecule has 34 heavy (non-hydrogen) atoms. The van der Waals surface area contributed by atoms with Crippen molar-refractivity contribution in [1.82, 2.24) is 14.7 Å². The molecular formula is C26H27N3O5. The fourth-order valence-corrected chi connectivity index (χ4v) is 4.87. The van der Waals surface area contributed by atoms with E-state index < -0.39 is 5.60 Å². The van der Waals surface area contributed by atoms with Gasteiger partial charge in [-0.05, 0) is 19.1 Å². The van der Waals surface area contributed by atoms with Crippen LogP contribution in [0.5, 0.6) is 17.2 Å². The number of rotatable bonds is 4. The molecule has 1 aromatic heterocycles. The molecule has 176 valence electrons. The van der Waals surface area contributed by atoms with Crippen LogP contribution in [0, 0.1) is 6.92 Å². The number of hydrogen-bond acceptors (Lipinski definition) is 6. The van der Waals surface area contributed by atoms with Crippen molar-refractivity contribution >= 4 is 11.7 Å². The summed E-state index contributed by atoms with van der Waals surface area (Å²) in [5.41, 5.74) is 2.11. The summed E-state index contributed by atoms with van der Waals surface area (Å²) in [5, 5.41) is 4.43. The zero-order chi connectivity index (χ0) is 23.9. The third kappa shape index (κ3) is 3.69. The van der Waals surface area contributed by atoms with Crippen molar-refractivity contribution in [3.8, 4) is 22.9 Å². The molecule has 8 nitrogen and oxygen atoms in total. The Morgan fingerprint density at radius 1 is 1.09 bits per heavy atom. The number of amides is 1. The highest BCUT2D eigenvalue weighted by molar-refractivity contribution is 6.03. The SMILES string of the molecule is COc1cc(OC)c2c(c1)OC1(CCN(C(=O)c3cnn(-c4ccccc4)c3C)CC1)CC2=O. The van der Waals surface area contributed by atoms with Crippen molar-refractivity contribution in [2.24, 2.45) is 0 Å². The van der Waals surface area contributed by atoms with Crippen molar-refractivity contribution < 1.29 is 23.8 Å². The largest absolute Gasteiger partial charge is 0.496 e. The first-order valence-electron chi connectivity index (χ1n) is 11.3. The van der Waals surface area contributed by atoms with E-state index in [0.717, 1.165) is 11.4 Å². The lowest BCUT2D eigenvalue weighted by atomic mass is 9.82. The Morgan fingerprint density at radius 2 is 1.82 bits per heavy atom. The summed E-state index contributed by atoms with van der Waals surface area (Å²) >= 11 is 0. The molecule has 1 amide bonds. The quantitative estimate of drug-likeness (QED) is 0.587. The van der Waals surface area contributed by atoms with E-state index >= 15 is 0 Å².